The van der Waals surface area contributed by atoms with Crippen LogP contribution in [0.3, 0.4) is 0 Å². The molecular weight excluding hydrogens is 262 g/mol. The van der Waals surface area contributed by atoms with Gasteiger partial charge in [-0.3, -0.25) is 4.68 Å². The summed E-state index contributed by atoms with van der Waals surface area (Å²) >= 11 is 0. The van der Waals surface area contributed by atoms with Crippen LogP contribution in [0.15, 0.2) is 30.5 Å². The van der Waals surface area contributed by atoms with E-state index in [2.05, 4.69) is 5.10 Å². The van der Waals surface area contributed by atoms with Crippen molar-refractivity contribution in [1.29, 1.82) is 0 Å². The Morgan fingerprint density at radius 3 is 2.42 bits per heavy atom. The molecular formula is C12H11F4N3. The van der Waals surface area contributed by atoms with Crippen LogP contribution in [0.2, 0.25) is 0 Å². The van der Waals surface area contributed by atoms with Crippen molar-refractivity contribution in [2.45, 2.75) is 19.3 Å². The Kier molecular flexibility index (Phi) is 3.57. The summed E-state index contributed by atoms with van der Waals surface area (Å²) < 4.78 is 51.5. The van der Waals surface area contributed by atoms with E-state index < -0.39 is 17.7 Å². The van der Waals surface area contributed by atoms with Gasteiger partial charge in [0.2, 0.25) is 0 Å². The molecule has 0 aliphatic rings. The predicted octanol–water partition coefficient (Wildman–Crippen LogP) is 2.55. The lowest BCUT2D eigenvalue weighted by atomic mass is 10.1. The molecule has 2 N–H and O–H groups in total. The summed E-state index contributed by atoms with van der Waals surface area (Å²) in [5.74, 6) is -0.471. The predicted molar refractivity (Wildman–Crippen MR) is 60.6 cm³/mol. The minimum absolute atomic E-state index is 0.0564. The van der Waals surface area contributed by atoms with E-state index in [1.165, 1.54) is 18.3 Å². The third kappa shape index (κ3) is 3.31. The zero-order chi connectivity index (χ0) is 14.0. The van der Waals surface area contributed by atoms with Gasteiger partial charge in [-0.05, 0) is 29.3 Å². The summed E-state index contributed by atoms with van der Waals surface area (Å²) in [6.45, 7) is 0.221. The third-order valence-electron chi connectivity index (χ3n) is 2.53. The minimum Gasteiger partial charge on any atom is -0.326 e. The molecule has 1 aromatic heterocycles. The molecule has 0 unspecified atom stereocenters. The second-order valence-corrected chi connectivity index (χ2v) is 4.07. The maximum atomic E-state index is 13.2. The monoisotopic (exact) mass is 273 g/mol. The summed E-state index contributed by atoms with van der Waals surface area (Å²) in [5, 5.41) is 3.40. The molecule has 0 saturated heterocycles. The quantitative estimate of drug-likeness (QED) is 0.873. The molecule has 0 spiro atoms. The summed E-state index contributed by atoms with van der Waals surface area (Å²) in [7, 11) is 0. The first-order valence-corrected chi connectivity index (χ1v) is 5.47. The molecule has 0 amide bonds. The number of rotatable bonds is 3. The third-order valence-corrected chi connectivity index (χ3v) is 2.53. The van der Waals surface area contributed by atoms with E-state index >= 15 is 0 Å². The highest BCUT2D eigenvalue weighted by Crippen LogP contribution is 2.27. The zero-order valence-electron chi connectivity index (χ0n) is 9.78. The molecule has 3 nitrogen and oxygen atoms in total. The van der Waals surface area contributed by atoms with E-state index in [0.29, 0.717) is 11.1 Å². The molecule has 1 aromatic carbocycles. The highest BCUT2D eigenvalue weighted by atomic mass is 19.4. The van der Waals surface area contributed by atoms with Crippen molar-refractivity contribution in [3.05, 3.63) is 53.1 Å². The fraction of sp³-hybridized carbons (Fsp3) is 0.250. The summed E-state index contributed by atoms with van der Waals surface area (Å²) in [6.07, 6.45) is -3.27. The number of aromatic nitrogens is 2. The first-order chi connectivity index (χ1) is 8.88. The van der Waals surface area contributed by atoms with Gasteiger partial charge in [0.05, 0.1) is 6.54 Å². The van der Waals surface area contributed by atoms with Crippen molar-refractivity contribution >= 4 is 0 Å². The van der Waals surface area contributed by atoms with Crippen molar-refractivity contribution in [2.24, 2.45) is 5.73 Å². The molecule has 2 aromatic rings. The first kappa shape index (κ1) is 13.5. The fourth-order valence-electron chi connectivity index (χ4n) is 1.71. The Bertz CT molecular complexity index is 575. The van der Waals surface area contributed by atoms with Crippen LogP contribution in [-0.4, -0.2) is 9.78 Å². The van der Waals surface area contributed by atoms with Crippen LogP contribution in [0.5, 0.6) is 0 Å². The Labute approximate surface area is 106 Å². The standard InChI is InChI=1S/C12H11F4N3/c13-10-4-8(6-17)3-9(5-10)7-19-2-1-11(18-19)12(14,15)16/h1-5H,6-7,17H2. The molecule has 2 rings (SSSR count). The molecule has 7 heteroatoms. The van der Waals surface area contributed by atoms with E-state index in [9.17, 15) is 17.6 Å². The maximum absolute atomic E-state index is 13.2. The SMILES string of the molecule is NCc1cc(F)cc(Cn2ccc(C(F)(F)F)n2)c1. The average Bonchev–Trinajstić information content (AvgIpc) is 2.76. The van der Waals surface area contributed by atoms with Gasteiger partial charge in [0.15, 0.2) is 5.69 Å². The molecule has 0 atom stereocenters. The highest BCUT2D eigenvalue weighted by molar-refractivity contribution is 5.25. The van der Waals surface area contributed by atoms with Crippen LogP contribution >= 0.6 is 0 Å². The van der Waals surface area contributed by atoms with Gasteiger partial charge in [0, 0.05) is 12.7 Å². The molecule has 0 radical (unpaired) electrons. The zero-order valence-corrected chi connectivity index (χ0v) is 9.78. The molecule has 0 aliphatic carbocycles. The van der Waals surface area contributed by atoms with Crippen molar-refractivity contribution in [3.63, 3.8) is 0 Å². The molecule has 0 saturated carbocycles. The summed E-state index contributed by atoms with van der Waals surface area (Å²) in [5.41, 5.74) is 5.53. The Morgan fingerprint density at radius 2 is 1.84 bits per heavy atom. The summed E-state index contributed by atoms with van der Waals surface area (Å²) in [6, 6.07) is 5.04. The van der Waals surface area contributed by atoms with Gasteiger partial charge in [-0.1, -0.05) is 6.07 Å². The van der Waals surface area contributed by atoms with Crippen LogP contribution < -0.4 is 5.73 Å². The molecule has 0 aliphatic heterocycles. The van der Waals surface area contributed by atoms with Crippen LogP contribution in [0.4, 0.5) is 17.6 Å². The first-order valence-electron chi connectivity index (χ1n) is 5.47. The van der Waals surface area contributed by atoms with Crippen molar-refractivity contribution in [1.82, 2.24) is 9.78 Å². The second-order valence-electron chi connectivity index (χ2n) is 4.07. The number of nitrogens with two attached hydrogens (primary N) is 1. The topological polar surface area (TPSA) is 43.8 Å². The number of benzene rings is 1. The normalized spacial score (nSPS) is 11.8. The number of nitrogens with zero attached hydrogens (tertiary/aromatic N) is 2. The fourth-order valence-corrected chi connectivity index (χ4v) is 1.71. The van der Waals surface area contributed by atoms with E-state index in [1.54, 1.807) is 6.07 Å². The van der Waals surface area contributed by atoms with Gasteiger partial charge >= 0.3 is 6.18 Å². The summed E-state index contributed by atoms with van der Waals surface area (Å²) in [4.78, 5) is 0. The smallest absolute Gasteiger partial charge is 0.326 e. The van der Waals surface area contributed by atoms with Crippen LogP contribution in [0.1, 0.15) is 16.8 Å². The Hall–Kier alpha value is -1.89. The number of hydrogen-bond acceptors (Lipinski definition) is 2. The molecule has 0 fully saturated rings. The van der Waals surface area contributed by atoms with Crippen molar-refractivity contribution in [2.75, 3.05) is 0 Å². The number of alkyl halides is 3. The minimum atomic E-state index is -4.48. The average molecular weight is 273 g/mol. The van der Waals surface area contributed by atoms with Crippen LogP contribution in [0, 0.1) is 5.82 Å². The maximum Gasteiger partial charge on any atom is 0.435 e. The molecule has 19 heavy (non-hydrogen) atoms. The molecule has 0 bridgehead atoms. The van der Waals surface area contributed by atoms with E-state index in [0.717, 1.165) is 10.7 Å². The van der Waals surface area contributed by atoms with Gasteiger partial charge in [-0.2, -0.15) is 18.3 Å². The van der Waals surface area contributed by atoms with Crippen LogP contribution in [0.25, 0.3) is 0 Å². The lowest BCUT2D eigenvalue weighted by Gasteiger charge is -2.06. The lowest BCUT2D eigenvalue weighted by Crippen LogP contribution is -2.09. The largest absolute Gasteiger partial charge is 0.435 e. The van der Waals surface area contributed by atoms with Crippen molar-refractivity contribution in [3.8, 4) is 0 Å². The van der Waals surface area contributed by atoms with Crippen molar-refractivity contribution < 1.29 is 17.6 Å². The van der Waals surface area contributed by atoms with Crippen LogP contribution in [-0.2, 0) is 19.3 Å². The van der Waals surface area contributed by atoms with Gasteiger partial charge < -0.3 is 5.73 Å². The van der Waals surface area contributed by atoms with E-state index in [-0.39, 0.29) is 13.1 Å². The van der Waals surface area contributed by atoms with Gasteiger partial charge in [0.25, 0.3) is 0 Å². The second kappa shape index (κ2) is 5.00. The molecule has 1 heterocycles. The van der Waals surface area contributed by atoms with Gasteiger partial charge in [-0.15, -0.1) is 0 Å². The lowest BCUT2D eigenvalue weighted by molar-refractivity contribution is -0.141. The van der Waals surface area contributed by atoms with Gasteiger partial charge in [-0.25, -0.2) is 4.39 Å². The van der Waals surface area contributed by atoms with E-state index in [1.807, 2.05) is 0 Å². The number of halogens is 4. The molecule has 102 valence electrons. The van der Waals surface area contributed by atoms with E-state index in [4.69, 9.17) is 5.73 Å². The highest BCUT2D eigenvalue weighted by Gasteiger charge is 2.33. The Morgan fingerprint density at radius 1 is 1.16 bits per heavy atom. The Balaban J connectivity index is 2.21. The van der Waals surface area contributed by atoms with Gasteiger partial charge in [0.1, 0.15) is 5.82 Å². The number of hydrogen-bond donors (Lipinski definition) is 1.